The van der Waals surface area contributed by atoms with Crippen molar-refractivity contribution in [2.75, 3.05) is 11.5 Å². The second kappa shape index (κ2) is 16.0. The van der Waals surface area contributed by atoms with E-state index in [1.54, 1.807) is 47.7 Å². The van der Waals surface area contributed by atoms with Gasteiger partial charge in [-0.25, -0.2) is 14.9 Å². The van der Waals surface area contributed by atoms with Crippen molar-refractivity contribution in [2.24, 2.45) is 11.8 Å². The molecule has 3 aliphatic rings. The highest BCUT2D eigenvalue weighted by molar-refractivity contribution is 8.01. The zero-order valence-electron chi connectivity index (χ0n) is 34.7. The Hall–Kier alpha value is -5.98. The molecule has 1 N–H and O–H groups in total. The number of aromatic amines is 1. The summed E-state index contributed by atoms with van der Waals surface area (Å²) < 4.78 is 8.13. The Morgan fingerprint density at radius 1 is 0.790 bits per heavy atom. The van der Waals surface area contributed by atoms with Crippen LogP contribution < -0.4 is 15.2 Å². The molecule has 0 spiro atoms. The second-order valence-corrected chi connectivity index (χ2v) is 19.7. The maximum Gasteiger partial charge on any atom is 0.266 e. The van der Waals surface area contributed by atoms with E-state index >= 15 is 0 Å². The number of aromatic nitrogens is 3. The van der Waals surface area contributed by atoms with Gasteiger partial charge in [0, 0.05) is 22.1 Å². The Balaban J connectivity index is 0.916. The summed E-state index contributed by atoms with van der Waals surface area (Å²) in [6.07, 6.45) is 7.29. The first kappa shape index (κ1) is 40.1. The first-order valence-electron chi connectivity index (χ1n) is 21.4. The molecule has 3 heterocycles. The van der Waals surface area contributed by atoms with Gasteiger partial charge in [-0.1, -0.05) is 63.6 Å². The molecular formula is C50H44N4O6S2. The molecule has 0 bridgehead atoms. The van der Waals surface area contributed by atoms with Gasteiger partial charge < -0.3 is 9.72 Å². The van der Waals surface area contributed by atoms with E-state index in [2.05, 4.69) is 35.7 Å². The molecular weight excluding hydrogens is 817 g/mol. The van der Waals surface area contributed by atoms with Crippen LogP contribution in [0.15, 0.2) is 99.0 Å². The monoisotopic (exact) mass is 860 g/mol. The van der Waals surface area contributed by atoms with Crippen LogP contribution in [0.25, 0.3) is 31.9 Å². The number of carbonyl (C=O) groups excluding carboxylic acids is 4. The van der Waals surface area contributed by atoms with Gasteiger partial charge in [0.1, 0.15) is 17.5 Å². The average molecular weight is 861 g/mol. The van der Waals surface area contributed by atoms with Gasteiger partial charge in [0.2, 0.25) is 0 Å². The number of ether oxygens (including phenoxy) is 1. The topological polar surface area (TPSA) is 139 Å². The van der Waals surface area contributed by atoms with Crippen molar-refractivity contribution < 1.29 is 23.9 Å². The normalized spacial score (nSPS) is 16.2. The van der Waals surface area contributed by atoms with Crippen molar-refractivity contribution in [1.29, 1.82) is 0 Å². The fraction of sp³-hybridized carbons (Fsp3) is 0.300. The molecule has 10 nitrogen and oxygen atoms in total. The number of anilines is 1. The van der Waals surface area contributed by atoms with E-state index in [1.807, 2.05) is 48.5 Å². The van der Waals surface area contributed by atoms with Gasteiger partial charge >= 0.3 is 0 Å². The number of Topliss-reactive ketones (excluding diaryl/α,β-unsaturated/α-hetero) is 2. The third kappa shape index (κ3) is 7.22. The molecule has 0 radical (unpaired) electrons. The molecule has 12 heteroatoms. The van der Waals surface area contributed by atoms with Crippen LogP contribution >= 0.6 is 23.1 Å². The number of rotatable bonds is 12. The van der Waals surface area contributed by atoms with E-state index in [0.717, 1.165) is 63.5 Å². The molecule has 2 amide bonds. The van der Waals surface area contributed by atoms with E-state index in [-0.39, 0.29) is 34.0 Å². The average Bonchev–Trinajstić information content (AvgIpc) is 4.03. The van der Waals surface area contributed by atoms with Crippen LogP contribution in [0.5, 0.6) is 5.75 Å². The molecule has 1 aliphatic heterocycles. The number of thiazole rings is 1. The van der Waals surface area contributed by atoms with Gasteiger partial charge in [0.15, 0.2) is 15.9 Å². The Morgan fingerprint density at radius 2 is 1.48 bits per heavy atom. The molecule has 10 rings (SSSR count). The molecule has 0 saturated heterocycles. The second-order valence-electron chi connectivity index (χ2n) is 17.4. The van der Waals surface area contributed by atoms with Crippen molar-refractivity contribution >= 4 is 84.1 Å². The number of nitrogens with one attached hydrogen (secondary N) is 1. The summed E-state index contributed by atoms with van der Waals surface area (Å²) in [5.41, 5.74) is 3.15. The summed E-state index contributed by atoms with van der Waals surface area (Å²) in [4.78, 5) is 84.4. The zero-order chi connectivity index (χ0) is 42.8. The molecule has 312 valence electrons. The zero-order valence-corrected chi connectivity index (χ0v) is 36.3. The molecule has 2 aromatic heterocycles. The minimum Gasteiger partial charge on any atom is -0.494 e. The van der Waals surface area contributed by atoms with E-state index in [4.69, 9.17) is 4.74 Å². The fourth-order valence-corrected chi connectivity index (χ4v) is 11.7. The molecule has 62 heavy (non-hydrogen) atoms. The van der Waals surface area contributed by atoms with Crippen LogP contribution in [-0.4, -0.2) is 44.9 Å². The maximum atomic E-state index is 14.3. The number of ketones is 2. The Bertz CT molecular complexity index is 2970. The van der Waals surface area contributed by atoms with E-state index in [1.165, 1.54) is 23.1 Å². The van der Waals surface area contributed by atoms with Gasteiger partial charge in [0.25, 0.3) is 17.4 Å². The Morgan fingerprint density at radius 3 is 2.18 bits per heavy atom. The number of carbonyl (C=O) groups is 4. The molecule has 1 saturated carbocycles. The molecule has 1 atom stereocenters. The number of imide groups is 1. The van der Waals surface area contributed by atoms with Crippen LogP contribution in [0.4, 0.5) is 5.69 Å². The number of fused-ring (bicyclic) bond motifs is 5. The summed E-state index contributed by atoms with van der Waals surface area (Å²) >= 11 is 3.01. The minimum atomic E-state index is -1.34. The molecule has 1 unspecified atom stereocenters. The van der Waals surface area contributed by atoms with Crippen molar-refractivity contribution in [3.05, 3.63) is 129 Å². The standard InChI is InChI=1S/C50H44N4O6S2/c1-26(2)19-27(3)9-8-18-60-31-14-16-33(28-10-4-5-11-28)41(24-31)54-48(58)36-22-29-20-34-35(21-30(29)23-37(36)49(54)59)45(56)43(44(34)55)46-51-39-17-15-32(25-38(39)47(57)53-46)61-50-52-40-12-6-7-13-42(40)62-50/h6-7,12-17,20-28,43H,4-5,8-11,18-19H2,1-3H3,(H,51,53,57). The van der Waals surface area contributed by atoms with Gasteiger partial charge in [-0.2, -0.15) is 0 Å². The summed E-state index contributed by atoms with van der Waals surface area (Å²) in [5.74, 6) is -1.13. The number of nitrogens with zero attached hydrogens (tertiary/aromatic N) is 3. The lowest BCUT2D eigenvalue weighted by molar-refractivity contribution is 0.0880. The Labute approximate surface area is 366 Å². The first-order valence-corrected chi connectivity index (χ1v) is 23.1. The van der Waals surface area contributed by atoms with E-state index in [9.17, 15) is 24.0 Å². The number of hydrogen-bond acceptors (Lipinski definition) is 10. The van der Waals surface area contributed by atoms with Crippen LogP contribution in [-0.2, 0) is 0 Å². The highest BCUT2D eigenvalue weighted by Gasteiger charge is 2.43. The predicted molar refractivity (Wildman–Crippen MR) is 244 cm³/mol. The largest absolute Gasteiger partial charge is 0.494 e. The summed E-state index contributed by atoms with van der Waals surface area (Å²) in [6, 6.07) is 25.5. The third-order valence-electron chi connectivity index (χ3n) is 12.5. The summed E-state index contributed by atoms with van der Waals surface area (Å²) in [7, 11) is 0. The van der Waals surface area contributed by atoms with E-state index < -0.39 is 34.9 Å². The smallest absolute Gasteiger partial charge is 0.266 e. The summed E-state index contributed by atoms with van der Waals surface area (Å²) in [5, 5.41) is 1.42. The van der Waals surface area contributed by atoms with Crippen LogP contribution in [0.1, 0.15) is 130 Å². The number of benzene rings is 5. The molecule has 1 fully saturated rings. The van der Waals surface area contributed by atoms with Crippen LogP contribution in [0.3, 0.4) is 0 Å². The number of H-pyrrole nitrogens is 1. The van der Waals surface area contributed by atoms with Gasteiger partial charge in [-0.15, -0.1) is 11.3 Å². The highest BCUT2D eigenvalue weighted by atomic mass is 32.2. The number of hydrogen-bond donors (Lipinski definition) is 1. The number of amides is 2. The minimum absolute atomic E-state index is 0.0298. The SMILES string of the molecule is CC(C)CC(C)CCCOc1ccc(C2CCCC2)c(N2C(=O)c3cc4cc5c(cc4cc3C2=O)C(=O)C(c2nc3ccc(Sc4nc6ccccc6s4)cc3c(=O)[nH]2)C5=O)c1. The van der Waals surface area contributed by atoms with Crippen LogP contribution in [0, 0.1) is 11.8 Å². The quantitative estimate of drug-likeness (QED) is 0.0722. The fourth-order valence-electron chi connectivity index (χ4n) is 9.61. The predicted octanol–water partition coefficient (Wildman–Crippen LogP) is 11.3. The van der Waals surface area contributed by atoms with Gasteiger partial charge in [-0.3, -0.25) is 24.0 Å². The van der Waals surface area contributed by atoms with Crippen molar-refractivity contribution in [3.8, 4) is 5.75 Å². The number of para-hydroxylation sites is 1. The van der Waals surface area contributed by atoms with E-state index in [0.29, 0.717) is 51.6 Å². The van der Waals surface area contributed by atoms with Crippen molar-refractivity contribution in [1.82, 2.24) is 15.0 Å². The van der Waals surface area contributed by atoms with Gasteiger partial charge in [0.05, 0.1) is 44.5 Å². The van der Waals surface area contributed by atoms with Crippen molar-refractivity contribution in [2.45, 2.75) is 86.8 Å². The Kier molecular flexibility index (Phi) is 10.4. The molecule has 7 aromatic rings. The van der Waals surface area contributed by atoms with Crippen molar-refractivity contribution in [3.63, 3.8) is 0 Å². The lowest BCUT2D eigenvalue weighted by atomic mass is 9.94. The molecule has 2 aliphatic carbocycles. The lowest BCUT2D eigenvalue weighted by Crippen LogP contribution is -2.30. The lowest BCUT2D eigenvalue weighted by Gasteiger charge is -2.23. The maximum absolute atomic E-state index is 14.3. The van der Waals surface area contributed by atoms with Crippen LogP contribution in [0.2, 0.25) is 0 Å². The first-order chi connectivity index (χ1) is 30.0. The third-order valence-corrected chi connectivity index (χ3v) is 14.6. The molecule has 5 aromatic carbocycles. The van der Waals surface area contributed by atoms with Gasteiger partial charge in [-0.05, 0) is 127 Å². The highest BCUT2D eigenvalue weighted by Crippen LogP contribution is 2.44. The summed E-state index contributed by atoms with van der Waals surface area (Å²) in [6.45, 7) is 7.29.